The quantitative estimate of drug-likeness (QED) is 0.190. The fraction of sp³-hybridized carbons (Fsp3) is 0.111. The van der Waals surface area contributed by atoms with Crippen molar-refractivity contribution in [2.75, 3.05) is 7.11 Å². The number of esters is 1. The van der Waals surface area contributed by atoms with E-state index in [2.05, 4.69) is 10.1 Å². The van der Waals surface area contributed by atoms with Crippen molar-refractivity contribution in [1.29, 1.82) is 0 Å². The summed E-state index contributed by atoms with van der Waals surface area (Å²) in [5.74, 6) is -1.69. The van der Waals surface area contributed by atoms with Crippen molar-refractivity contribution >= 4 is 16.9 Å². The summed E-state index contributed by atoms with van der Waals surface area (Å²) in [6.07, 6.45) is -3.48. The van der Waals surface area contributed by atoms with E-state index in [-0.39, 0.29) is 57.2 Å². The normalized spacial score (nSPS) is 11.5. The van der Waals surface area contributed by atoms with E-state index in [4.69, 9.17) is 18.4 Å². The Bertz CT molecular complexity index is 1760. The molecule has 5 rings (SSSR count). The van der Waals surface area contributed by atoms with Crippen LogP contribution in [0.1, 0.15) is 21.7 Å². The topological polar surface area (TPSA) is 105 Å². The number of methoxy groups -OCH3 is 1. The molecule has 3 aromatic carbocycles. The number of alkyl halides is 3. The highest BCUT2D eigenvalue weighted by Crippen LogP contribution is 2.33. The summed E-state index contributed by atoms with van der Waals surface area (Å²) >= 11 is 0. The first-order valence-corrected chi connectivity index (χ1v) is 11.2. The molecule has 0 amide bonds. The smallest absolute Gasteiger partial charge is 0.416 e. The Morgan fingerprint density at radius 3 is 2.62 bits per heavy atom. The van der Waals surface area contributed by atoms with Gasteiger partial charge in [0.25, 0.3) is 5.89 Å². The monoisotopic (exact) mass is 540 g/mol. The largest absolute Gasteiger partial charge is 0.485 e. The molecule has 0 unspecified atom stereocenters. The Morgan fingerprint density at radius 1 is 1.03 bits per heavy atom. The van der Waals surface area contributed by atoms with Crippen LogP contribution in [0.25, 0.3) is 33.6 Å². The lowest BCUT2D eigenvalue weighted by Gasteiger charge is -2.07. The maximum absolute atomic E-state index is 13.7. The number of carbonyl (C=O) groups is 1. The number of nitrogens with zero attached hydrogens (tertiary/aromatic N) is 2. The van der Waals surface area contributed by atoms with Gasteiger partial charge in [-0.25, -0.2) is 9.18 Å². The van der Waals surface area contributed by atoms with Gasteiger partial charge in [-0.15, -0.1) is 0 Å². The first-order valence-electron chi connectivity index (χ1n) is 11.2. The number of ether oxygens (including phenoxy) is 2. The van der Waals surface area contributed by atoms with Gasteiger partial charge in [-0.05, 0) is 48.0 Å². The van der Waals surface area contributed by atoms with Crippen molar-refractivity contribution in [3.63, 3.8) is 0 Å². The summed E-state index contributed by atoms with van der Waals surface area (Å²) in [6.45, 7) is -0.237. The van der Waals surface area contributed by atoms with Crippen LogP contribution in [0.4, 0.5) is 17.6 Å². The molecule has 0 spiro atoms. The number of carbonyl (C=O) groups excluding carboxylic acids is 1. The van der Waals surface area contributed by atoms with Crippen LogP contribution >= 0.6 is 0 Å². The van der Waals surface area contributed by atoms with Crippen molar-refractivity contribution in [3.8, 4) is 28.3 Å². The zero-order valence-corrected chi connectivity index (χ0v) is 19.9. The number of aromatic nitrogens is 2. The van der Waals surface area contributed by atoms with Gasteiger partial charge in [0.15, 0.2) is 12.0 Å². The summed E-state index contributed by atoms with van der Waals surface area (Å²) in [7, 11) is 1.26. The van der Waals surface area contributed by atoms with Crippen molar-refractivity contribution in [1.82, 2.24) is 10.1 Å². The maximum Gasteiger partial charge on any atom is 0.416 e. The van der Waals surface area contributed by atoms with E-state index in [1.165, 1.54) is 37.6 Å². The van der Waals surface area contributed by atoms with E-state index in [9.17, 15) is 27.2 Å². The minimum Gasteiger partial charge on any atom is -0.485 e. The molecule has 0 aliphatic rings. The molecule has 0 radical (unpaired) electrons. The molecule has 2 heterocycles. The van der Waals surface area contributed by atoms with Crippen LogP contribution in [0.2, 0.25) is 0 Å². The fourth-order valence-corrected chi connectivity index (χ4v) is 3.78. The van der Waals surface area contributed by atoms with E-state index in [1.54, 1.807) is 18.2 Å². The van der Waals surface area contributed by atoms with Crippen LogP contribution in [0.3, 0.4) is 0 Å². The molecule has 198 valence electrons. The first-order chi connectivity index (χ1) is 18.6. The molecule has 0 saturated heterocycles. The molecule has 39 heavy (non-hydrogen) atoms. The van der Waals surface area contributed by atoms with E-state index < -0.39 is 23.5 Å². The van der Waals surface area contributed by atoms with Crippen LogP contribution in [0.15, 0.2) is 80.7 Å². The van der Waals surface area contributed by atoms with Crippen LogP contribution < -0.4 is 10.2 Å². The van der Waals surface area contributed by atoms with Gasteiger partial charge in [-0.3, -0.25) is 4.79 Å². The molecular weight excluding hydrogens is 524 g/mol. The lowest BCUT2D eigenvalue weighted by Crippen LogP contribution is -2.06. The Balaban J connectivity index is 1.34. The summed E-state index contributed by atoms with van der Waals surface area (Å²) < 4.78 is 73.6. The second kappa shape index (κ2) is 10.0. The van der Waals surface area contributed by atoms with Crippen LogP contribution in [-0.4, -0.2) is 23.2 Å². The third-order valence-corrected chi connectivity index (χ3v) is 5.65. The van der Waals surface area contributed by atoms with Crippen LogP contribution in [-0.2, 0) is 17.5 Å². The van der Waals surface area contributed by atoms with Gasteiger partial charge in [-0.1, -0.05) is 17.3 Å². The number of hydrogen-bond acceptors (Lipinski definition) is 8. The Morgan fingerprint density at radius 2 is 1.85 bits per heavy atom. The van der Waals surface area contributed by atoms with Gasteiger partial charge in [0, 0.05) is 11.6 Å². The third kappa shape index (κ3) is 5.35. The van der Waals surface area contributed by atoms with Gasteiger partial charge < -0.3 is 18.4 Å². The summed E-state index contributed by atoms with van der Waals surface area (Å²) in [5, 5.41) is 3.92. The molecule has 0 aliphatic carbocycles. The van der Waals surface area contributed by atoms with Gasteiger partial charge >= 0.3 is 12.1 Å². The zero-order valence-electron chi connectivity index (χ0n) is 19.9. The Labute approximate surface area is 216 Å². The molecule has 0 saturated carbocycles. The highest BCUT2D eigenvalue weighted by molar-refractivity contribution is 5.91. The molecule has 2 aromatic heterocycles. The SMILES string of the molecule is COC(=O)c1cccc(-c2coc3cc(OCc4noc(-c5cc(F)cc(C(F)(F)F)c5)n4)ccc3c2=O)c1. The Kier molecular flexibility index (Phi) is 6.60. The summed E-state index contributed by atoms with van der Waals surface area (Å²) in [5.41, 5.74) is -0.540. The van der Waals surface area contributed by atoms with Crippen molar-refractivity contribution in [3.05, 3.63) is 99.9 Å². The summed E-state index contributed by atoms with van der Waals surface area (Å²) in [4.78, 5) is 28.9. The molecule has 0 fully saturated rings. The molecular formula is C27H16F4N2O6. The van der Waals surface area contributed by atoms with Crippen molar-refractivity contribution in [2.45, 2.75) is 12.8 Å². The van der Waals surface area contributed by atoms with Crippen LogP contribution in [0.5, 0.6) is 5.75 Å². The average molecular weight is 540 g/mol. The standard InChI is InChI=1S/C27H16F4N2O6/c1-36-26(35)15-4-2-3-14(7-15)21-12-38-22-11-19(5-6-20(22)24(21)34)37-13-23-32-25(39-33-23)16-8-17(27(29,30)31)10-18(28)9-16/h2-12H,13H2,1H3. The molecule has 0 atom stereocenters. The highest BCUT2D eigenvalue weighted by Gasteiger charge is 2.32. The molecule has 5 aromatic rings. The number of rotatable bonds is 6. The fourth-order valence-electron chi connectivity index (χ4n) is 3.78. The van der Waals surface area contributed by atoms with E-state index in [0.717, 1.165) is 6.07 Å². The minimum absolute atomic E-state index is 0.00907. The van der Waals surface area contributed by atoms with Crippen molar-refractivity contribution in [2.24, 2.45) is 0 Å². The molecule has 0 bridgehead atoms. The molecule has 8 nitrogen and oxygen atoms in total. The zero-order chi connectivity index (χ0) is 27.7. The van der Waals surface area contributed by atoms with Gasteiger partial charge in [0.1, 0.15) is 23.4 Å². The third-order valence-electron chi connectivity index (χ3n) is 5.65. The van der Waals surface area contributed by atoms with Gasteiger partial charge in [0.2, 0.25) is 5.82 Å². The van der Waals surface area contributed by atoms with E-state index >= 15 is 0 Å². The number of fused-ring (bicyclic) bond motifs is 1. The average Bonchev–Trinajstić information content (AvgIpc) is 3.40. The number of benzene rings is 3. The second-order valence-corrected chi connectivity index (χ2v) is 8.24. The Hall–Kier alpha value is -5.00. The predicted molar refractivity (Wildman–Crippen MR) is 128 cm³/mol. The maximum atomic E-state index is 13.7. The van der Waals surface area contributed by atoms with Crippen molar-refractivity contribution < 1.29 is 40.8 Å². The first kappa shape index (κ1) is 25.6. The predicted octanol–water partition coefficient (Wildman–Crippen LogP) is 6.03. The number of halogens is 4. The molecule has 0 N–H and O–H groups in total. The second-order valence-electron chi connectivity index (χ2n) is 8.24. The minimum atomic E-state index is -4.75. The lowest BCUT2D eigenvalue weighted by atomic mass is 10.0. The van der Waals surface area contributed by atoms with E-state index in [1.807, 2.05) is 0 Å². The van der Waals surface area contributed by atoms with Gasteiger partial charge in [-0.2, -0.15) is 18.2 Å². The van der Waals surface area contributed by atoms with Gasteiger partial charge in [0.05, 0.1) is 29.2 Å². The van der Waals surface area contributed by atoms with Crippen LogP contribution in [0, 0.1) is 5.82 Å². The molecule has 0 aliphatic heterocycles. The number of hydrogen-bond donors (Lipinski definition) is 0. The molecule has 12 heteroatoms. The lowest BCUT2D eigenvalue weighted by molar-refractivity contribution is -0.137. The summed E-state index contributed by atoms with van der Waals surface area (Å²) in [6, 6.07) is 12.8. The van der Waals surface area contributed by atoms with E-state index in [0.29, 0.717) is 17.7 Å². The highest BCUT2D eigenvalue weighted by atomic mass is 19.4.